The average Bonchev–Trinajstić information content (AvgIpc) is 1.60. The molecule has 4 heteroatoms. The summed E-state index contributed by atoms with van der Waals surface area (Å²) in [5.74, 6) is 0. The Morgan fingerprint density at radius 2 is 0.290 bits per heavy atom. The van der Waals surface area contributed by atoms with Crippen LogP contribution in [0.25, 0.3) is 177 Å². The monoisotopic (exact) mass is 1270 g/mol. The predicted octanol–water partition coefficient (Wildman–Crippen LogP) is 25.8. The lowest BCUT2D eigenvalue weighted by atomic mass is 10.0. The smallest absolute Gasteiger partial charge is 0.0541 e. The summed E-state index contributed by atoms with van der Waals surface area (Å²) in [6, 6.07) is 141. The number of fused-ring (bicyclic) bond motifs is 12. The second kappa shape index (κ2) is 24.4. The highest BCUT2D eigenvalue weighted by Gasteiger charge is 2.20. The lowest BCUT2D eigenvalue weighted by Gasteiger charge is -2.11. The van der Waals surface area contributed by atoms with Crippen molar-refractivity contribution < 1.29 is 0 Å². The van der Waals surface area contributed by atoms with Crippen molar-refractivity contribution in [1.82, 2.24) is 18.3 Å². The first-order valence-electron chi connectivity index (χ1n) is 34.4. The van der Waals surface area contributed by atoms with E-state index in [0.29, 0.717) is 0 Å². The molecule has 4 nitrogen and oxygen atoms in total. The Bertz CT molecular complexity index is 5710. The second-order valence-electron chi connectivity index (χ2n) is 26.0. The Morgan fingerprint density at radius 1 is 0.110 bits per heavy atom. The predicted molar refractivity (Wildman–Crippen MR) is 423 cm³/mol. The Kier molecular flexibility index (Phi) is 14.2. The molecule has 0 spiro atoms. The standard InChI is InChI=1S/2C48H32N2/c2*1-3-13-33(14-4-1)35-17-11-19-39(29-35)49-45-23-9-7-21-41(45)43-31-37(25-27-47(43)49)38-26-28-48-44(32-38)42-22-8-10-24-46(42)50(48)40-20-12-18-36(30-40)34-15-5-2-6-16-34/h2*1-32H. The van der Waals surface area contributed by atoms with Gasteiger partial charge in [-0.15, -0.1) is 0 Å². The number of nitrogens with zero attached hydrogens (tertiary/aromatic N) is 4. The SMILES string of the molecule is c1ccc(-c2cccc(-n3c4ccccc4c4cc(-c5ccc6c(c5)c5ccccc5n6-c5cccc(-c6ccccc6)c5)ccc43)c2)cc1.c1ccc(-c2cccc(-n3c4ccccc4c4cc(-c5ccc6c(c5)c5ccccc5n6-c5cccc(-c6ccccc6)c5)ccc43)c2)cc1. The first kappa shape index (κ1) is 58.1. The van der Waals surface area contributed by atoms with Gasteiger partial charge in [-0.2, -0.15) is 0 Å². The van der Waals surface area contributed by atoms with Crippen LogP contribution in [0.3, 0.4) is 0 Å². The molecule has 20 aromatic rings. The van der Waals surface area contributed by atoms with Crippen LogP contribution in [0.5, 0.6) is 0 Å². The van der Waals surface area contributed by atoms with Crippen LogP contribution in [0.4, 0.5) is 0 Å². The lowest BCUT2D eigenvalue weighted by Crippen LogP contribution is -1.94. The molecule has 0 unspecified atom stereocenters. The van der Waals surface area contributed by atoms with Crippen LogP contribution in [-0.2, 0) is 0 Å². The molecule has 0 amide bonds. The Morgan fingerprint density at radius 3 is 0.520 bits per heavy atom. The van der Waals surface area contributed by atoms with Crippen LogP contribution in [0.2, 0.25) is 0 Å². The van der Waals surface area contributed by atoms with Crippen molar-refractivity contribution in [2.24, 2.45) is 0 Å². The maximum absolute atomic E-state index is 2.40. The number of hydrogen-bond acceptors (Lipinski definition) is 0. The fraction of sp³-hybridized carbons (Fsp3) is 0. The zero-order chi connectivity index (χ0) is 66.0. The van der Waals surface area contributed by atoms with E-state index in [2.05, 4.69) is 407 Å². The Balaban J connectivity index is 0.000000139. The van der Waals surface area contributed by atoms with Gasteiger partial charge in [0.25, 0.3) is 0 Å². The topological polar surface area (TPSA) is 19.7 Å². The first-order chi connectivity index (χ1) is 49.6. The molecule has 20 rings (SSSR count). The fourth-order valence-corrected chi connectivity index (χ4v) is 15.5. The molecule has 0 saturated carbocycles. The van der Waals surface area contributed by atoms with Crippen molar-refractivity contribution in [2.75, 3.05) is 0 Å². The van der Waals surface area contributed by atoms with Crippen molar-refractivity contribution in [2.45, 2.75) is 0 Å². The van der Waals surface area contributed by atoms with Gasteiger partial charge in [0.15, 0.2) is 0 Å². The molecule has 0 fully saturated rings. The summed E-state index contributed by atoms with van der Waals surface area (Å²) in [6.07, 6.45) is 0. The summed E-state index contributed by atoms with van der Waals surface area (Å²) >= 11 is 0. The van der Waals surface area contributed by atoms with E-state index in [1.165, 1.54) is 154 Å². The van der Waals surface area contributed by atoms with Gasteiger partial charge < -0.3 is 18.3 Å². The summed E-state index contributed by atoms with van der Waals surface area (Å²) in [5.41, 5.74) is 28.9. The summed E-state index contributed by atoms with van der Waals surface area (Å²) in [5, 5.41) is 10.0. The number of rotatable bonds is 10. The van der Waals surface area contributed by atoms with Gasteiger partial charge in [0, 0.05) is 65.8 Å². The lowest BCUT2D eigenvalue weighted by molar-refractivity contribution is 1.18. The highest BCUT2D eigenvalue weighted by Crippen LogP contribution is 2.43. The first-order valence-corrected chi connectivity index (χ1v) is 34.4. The Labute approximate surface area is 579 Å². The third kappa shape index (κ3) is 10.1. The number of hydrogen-bond donors (Lipinski definition) is 0. The maximum Gasteiger partial charge on any atom is 0.0541 e. The summed E-state index contributed by atoms with van der Waals surface area (Å²) in [6.45, 7) is 0. The van der Waals surface area contributed by atoms with Crippen LogP contribution < -0.4 is 0 Å². The molecule has 4 aromatic heterocycles. The van der Waals surface area contributed by atoms with Crippen LogP contribution in [0.1, 0.15) is 0 Å². The van der Waals surface area contributed by atoms with Crippen molar-refractivity contribution in [3.05, 3.63) is 388 Å². The summed E-state index contributed by atoms with van der Waals surface area (Å²) in [4.78, 5) is 0. The molecule has 0 radical (unpaired) electrons. The summed E-state index contributed by atoms with van der Waals surface area (Å²) in [7, 11) is 0. The minimum absolute atomic E-state index is 1.16. The van der Waals surface area contributed by atoms with E-state index < -0.39 is 0 Å². The van der Waals surface area contributed by atoms with Gasteiger partial charge in [0.2, 0.25) is 0 Å². The average molecular weight is 1270 g/mol. The van der Waals surface area contributed by atoms with Crippen LogP contribution in [-0.4, -0.2) is 18.3 Å². The third-order valence-corrected chi connectivity index (χ3v) is 20.2. The van der Waals surface area contributed by atoms with Crippen molar-refractivity contribution >= 4 is 87.2 Å². The van der Waals surface area contributed by atoms with Gasteiger partial charge in [-0.3, -0.25) is 0 Å². The van der Waals surface area contributed by atoms with E-state index in [4.69, 9.17) is 0 Å². The zero-order valence-electron chi connectivity index (χ0n) is 54.7. The molecule has 0 bridgehead atoms. The fourth-order valence-electron chi connectivity index (χ4n) is 15.5. The largest absolute Gasteiger partial charge is 0.309 e. The van der Waals surface area contributed by atoms with Crippen molar-refractivity contribution in [1.29, 1.82) is 0 Å². The minimum atomic E-state index is 1.16. The van der Waals surface area contributed by atoms with Crippen LogP contribution in [0, 0.1) is 0 Å². The highest BCUT2D eigenvalue weighted by atomic mass is 15.0. The molecule has 468 valence electrons. The van der Waals surface area contributed by atoms with Crippen molar-refractivity contribution in [3.8, 4) is 89.5 Å². The molecule has 0 aliphatic carbocycles. The molecule has 4 heterocycles. The summed E-state index contributed by atoms with van der Waals surface area (Å²) < 4.78 is 9.62. The van der Waals surface area contributed by atoms with Gasteiger partial charge in [-0.1, -0.05) is 267 Å². The van der Waals surface area contributed by atoms with E-state index in [-0.39, 0.29) is 0 Å². The van der Waals surface area contributed by atoms with Gasteiger partial charge >= 0.3 is 0 Å². The third-order valence-electron chi connectivity index (χ3n) is 20.2. The minimum Gasteiger partial charge on any atom is -0.309 e. The molecule has 16 aromatic carbocycles. The second-order valence-corrected chi connectivity index (χ2v) is 26.0. The molecule has 0 aliphatic rings. The molecule has 0 saturated heterocycles. The van der Waals surface area contributed by atoms with E-state index in [1.807, 2.05) is 0 Å². The van der Waals surface area contributed by atoms with E-state index >= 15 is 0 Å². The quantitative estimate of drug-likeness (QED) is 0.130. The molecular formula is C96H64N4. The van der Waals surface area contributed by atoms with E-state index in [0.717, 1.165) is 22.7 Å². The molecular weight excluding hydrogens is 1210 g/mol. The van der Waals surface area contributed by atoms with Gasteiger partial charge in [0.1, 0.15) is 0 Å². The number of aromatic nitrogens is 4. The highest BCUT2D eigenvalue weighted by molar-refractivity contribution is 6.15. The number of para-hydroxylation sites is 4. The van der Waals surface area contributed by atoms with E-state index in [1.54, 1.807) is 0 Å². The normalized spacial score (nSPS) is 11.6. The van der Waals surface area contributed by atoms with Crippen LogP contribution in [0.15, 0.2) is 388 Å². The van der Waals surface area contributed by atoms with Gasteiger partial charge in [-0.25, -0.2) is 0 Å². The maximum atomic E-state index is 2.40. The van der Waals surface area contributed by atoms with Gasteiger partial charge in [0.05, 0.1) is 44.1 Å². The van der Waals surface area contributed by atoms with Crippen molar-refractivity contribution in [3.63, 3.8) is 0 Å². The number of benzene rings is 16. The molecule has 0 N–H and O–H groups in total. The van der Waals surface area contributed by atoms with E-state index in [9.17, 15) is 0 Å². The molecule has 100 heavy (non-hydrogen) atoms. The Hall–Kier alpha value is -13.3. The molecule has 0 aliphatic heterocycles. The van der Waals surface area contributed by atoms with Gasteiger partial charge in [-0.05, 0) is 188 Å². The zero-order valence-corrected chi connectivity index (χ0v) is 54.7. The molecule has 0 atom stereocenters. The van der Waals surface area contributed by atoms with Crippen LogP contribution >= 0.6 is 0 Å².